The van der Waals surface area contributed by atoms with Crippen LogP contribution in [0.15, 0.2) is 41.5 Å². The molecule has 0 aliphatic rings. The van der Waals surface area contributed by atoms with Crippen LogP contribution in [0.5, 0.6) is 5.75 Å². The van der Waals surface area contributed by atoms with Gasteiger partial charge in [0.25, 0.3) is 0 Å². The van der Waals surface area contributed by atoms with Gasteiger partial charge in [-0.25, -0.2) is 5.84 Å². The second-order valence-electron chi connectivity index (χ2n) is 4.41. The second-order valence-corrected chi connectivity index (χ2v) is 5.58. The average Bonchev–Trinajstić information content (AvgIpc) is 2.55. The monoisotopic (exact) mass is 406 g/mol. The van der Waals surface area contributed by atoms with E-state index >= 15 is 0 Å². The molecule has 0 bridgehead atoms. The molecule has 0 aromatic heterocycles. The third kappa shape index (κ3) is 5.26. The molecule has 5 nitrogen and oxygen atoms in total. The molecule has 0 unspecified atom stereocenters. The Labute approximate surface area is 160 Å². The Morgan fingerprint density at radius 1 is 1.12 bits per heavy atom. The van der Waals surface area contributed by atoms with Crippen molar-refractivity contribution in [1.29, 1.82) is 5.41 Å². The van der Waals surface area contributed by atoms with Gasteiger partial charge in [0.1, 0.15) is 18.7 Å². The minimum Gasteiger partial charge on any atom is -0.487 e. The Kier molecular flexibility index (Phi) is 8.31. The van der Waals surface area contributed by atoms with Crippen molar-refractivity contribution in [2.45, 2.75) is 6.61 Å². The third-order valence-electron chi connectivity index (χ3n) is 2.87. The summed E-state index contributed by atoms with van der Waals surface area (Å²) in [6, 6.07) is 10.6. The van der Waals surface area contributed by atoms with E-state index in [2.05, 4.69) is 5.10 Å². The van der Waals surface area contributed by atoms with Crippen molar-refractivity contribution in [1.82, 2.24) is 5.12 Å². The van der Waals surface area contributed by atoms with E-state index in [1.165, 1.54) is 6.21 Å². The van der Waals surface area contributed by atoms with E-state index in [1.54, 1.807) is 30.3 Å². The highest BCUT2D eigenvalue weighted by Gasteiger charge is 2.09. The molecule has 0 aliphatic heterocycles. The van der Waals surface area contributed by atoms with Crippen LogP contribution < -0.4 is 10.6 Å². The van der Waals surface area contributed by atoms with Crippen LogP contribution in [0.25, 0.3) is 0 Å². The van der Waals surface area contributed by atoms with Gasteiger partial charge in [-0.3, -0.25) is 5.41 Å². The lowest BCUT2D eigenvalue weighted by molar-refractivity contribution is 0.306. The molecule has 0 radical (unpaired) electrons. The summed E-state index contributed by atoms with van der Waals surface area (Å²) in [5, 5.41) is 12.9. The lowest BCUT2D eigenvalue weighted by Gasteiger charge is -2.11. The first kappa shape index (κ1) is 20.5. The lowest BCUT2D eigenvalue weighted by Crippen LogP contribution is -2.22. The van der Waals surface area contributed by atoms with Crippen molar-refractivity contribution in [3.63, 3.8) is 0 Å². The molecule has 0 saturated heterocycles. The first-order chi connectivity index (χ1) is 11.0. The van der Waals surface area contributed by atoms with Gasteiger partial charge in [-0.15, -0.1) is 12.4 Å². The van der Waals surface area contributed by atoms with Gasteiger partial charge in [-0.05, 0) is 12.1 Å². The van der Waals surface area contributed by atoms with Crippen LogP contribution in [-0.4, -0.2) is 17.7 Å². The van der Waals surface area contributed by atoms with Crippen molar-refractivity contribution in [2.75, 3.05) is 0 Å². The van der Waals surface area contributed by atoms with Crippen LogP contribution in [0.2, 0.25) is 15.1 Å². The van der Waals surface area contributed by atoms with E-state index in [0.29, 0.717) is 26.4 Å². The van der Waals surface area contributed by atoms with Crippen molar-refractivity contribution in [3.05, 3.63) is 62.6 Å². The van der Waals surface area contributed by atoms with Gasteiger partial charge in [0.05, 0.1) is 21.3 Å². The second kappa shape index (κ2) is 9.71. The summed E-state index contributed by atoms with van der Waals surface area (Å²) in [6.45, 7) is 0.225. The smallest absolute Gasteiger partial charge is 0.139 e. The van der Waals surface area contributed by atoms with Crippen molar-refractivity contribution >= 4 is 59.8 Å². The SMILES string of the molecule is Cl.N=CN(N)/N=C/c1cccc(OCc2cccc(Cl)c2Cl)c1Cl. The zero-order valence-corrected chi connectivity index (χ0v) is 15.3. The molecule has 0 heterocycles. The maximum absolute atomic E-state index is 6.95. The normalized spacial score (nSPS) is 10.3. The van der Waals surface area contributed by atoms with Crippen LogP contribution in [0.1, 0.15) is 11.1 Å². The summed E-state index contributed by atoms with van der Waals surface area (Å²) in [7, 11) is 0. The number of hydrogen-bond acceptors (Lipinski definition) is 4. The molecular weight excluding hydrogens is 394 g/mol. The number of hydrazine groups is 1. The highest BCUT2D eigenvalue weighted by Crippen LogP contribution is 2.30. The number of hydrazone groups is 1. The lowest BCUT2D eigenvalue weighted by atomic mass is 10.2. The maximum Gasteiger partial charge on any atom is 0.139 e. The van der Waals surface area contributed by atoms with Crippen molar-refractivity contribution in [3.8, 4) is 5.75 Å². The summed E-state index contributed by atoms with van der Waals surface area (Å²) >= 11 is 18.4. The molecular formula is C15H14Cl4N4O. The fourth-order valence-corrected chi connectivity index (χ4v) is 2.32. The first-order valence-corrected chi connectivity index (χ1v) is 7.59. The summed E-state index contributed by atoms with van der Waals surface area (Å²) in [5.41, 5.74) is 1.37. The summed E-state index contributed by atoms with van der Waals surface area (Å²) < 4.78 is 5.71. The Morgan fingerprint density at radius 3 is 2.54 bits per heavy atom. The maximum atomic E-state index is 6.95. The molecule has 0 atom stereocenters. The summed E-state index contributed by atoms with van der Waals surface area (Å²) in [5.74, 6) is 5.84. The molecule has 3 N–H and O–H groups in total. The fraction of sp³-hybridized carbons (Fsp3) is 0.0667. The Morgan fingerprint density at radius 2 is 1.83 bits per heavy atom. The Bertz CT molecular complexity index is 739. The highest BCUT2D eigenvalue weighted by molar-refractivity contribution is 6.42. The van der Waals surface area contributed by atoms with Crippen molar-refractivity contribution in [2.24, 2.45) is 10.9 Å². The minimum absolute atomic E-state index is 0. The molecule has 0 amide bonds. The summed E-state index contributed by atoms with van der Waals surface area (Å²) in [4.78, 5) is 0. The zero-order chi connectivity index (χ0) is 16.8. The number of nitrogens with one attached hydrogen (secondary N) is 1. The topological polar surface area (TPSA) is 74.7 Å². The van der Waals surface area contributed by atoms with E-state index in [-0.39, 0.29) is 19.0 Å². The van der Waals surface area contributed by atoms with Crippen LogP contribution in [0.4, 0.5) is 0 Å². The number of halogens is 4. The van der Waals surface area contributed by atoms with Crippen LogP contribution in [0, 0.1) is 5.41 Å². The molecule has 0 spiro atoms. The molecule has 2 aromatic carbocycles. The van der Waals surface area contributed by atoms with Gasteiger partial charge < -0.3 is 4.74 Å². The molecule has 0 fully saturated rings. The largest absolute Gasteiger partial charge is 0.487 e. The summed E-state index contributed by atoms with van der Waals surface area (Å²) in [6.07, 6.45) is 2.30. The number of benzene rings is 2. The zero-order valence-electron chi connectivity index (χ0n) is 12.2. The first-order valence-electron chi connectivity index (χ1n) is 6.45. The van der Waals surface area contributed by atoms with Gasteiger partial charge >= 0.3 is 0 Å². The van der Waals surface area contributed by atoms with Crippen LogP contribution in [0.3, 0.4) is 0 Å². The van der Waals surface area contributed by atoms with Crippen LogP contribution >= 0.6 is 47.2 Å². The molecule has 2 aromatic rings. The van der Waals surface area contributed by atoms with Gasteiger partial charge in [0.15, 0.2) is 0 Å². The average molecular weight is 408 g/mol. The number of nitrogens with two attached hydrogens (primary N) is 1. The molecule has 0 saturated carbocycles. The number of rotatable bonds is 6. The predicted octanol–water partition coefficient (Wildman–Crippen LogP) is 4.76. The van der Waals surface area contributed by atoms with E-state index < -0.39 is 0 Å². The van der Waals surface area contributed by atoms with Gasteiger partial charge in [-0.2, -0.15) is 10.2 Å². The minimum atomic E-state index is 0. The molecule has 128 valence electrons. The molecule has 24 heavy (non-hydrogen) atoms. The van der Waals surface area contributed by atoms with Crippen molar-refractivity contribution < 1.29 is 4.74 Å². The van der Waals surface area contributed by atoms with Crippen LogP contribution in [-0.2, 0) is 6.61 Å². The number of nitrogens with zero attached hydrogens (tertiary/aromatic N) is 2. The highest BCUT2D eigenvalue weighted by atomic mass is 35.5. The quantitative estimate of drug-likeness (QED) is 0.313. The Hall–Kier alpha value is -1.50. The molecule has 9 heteroatoms. The molecule has 2 rings (SSSR count). The van der Waals surface area contributed by atoms with Gasteiger partial charge in [-0.1, -0.05) is 59.1 Å². The van der Waals surface area contributed by atoms with E-state index in [0.717, 1.165) is 17.0 Å². The molecule has 0 aliphatic carbocycles. The van der Waals surface area contributed by atoms with Gasteiger partial charge in [0, 0.05) is 11.1 Å². The van der Waals surface area contributed by atoms with E-state index in [9.17, 15) is 0 Å². The number of ether oxygens (including phenoxy) is 1. The van der Waals surface area contributed by atoms with Gasteiger partial charge in [0.2, 0.25) is 0 Å². The van der Waals surface area contributed by atoms with E-state index in [4.69, 9.17) is 50.8 Å². The standard InChI is InChI=1S/C15H13Cl3N4O.ClH/c16-12-5-1-4-11(14(12)17)8-23-13-6-2-3-10(15(13)18)7-21-22(20)9-19;/h1-7,9,19H,8,20H2;1H/b19-9?,21-7+;. The number of hydrogen-bond donors (Lipinski definition) is 2. The predicted molar refractivity (Wildman–Crippen MR) is 102 cm³/mol. The van der Waals surface area contributed by atoms with E-state index in [1.807, 2.05) is 6.07 Å². The third-order valence-corrected chi connectivity index (χ3v) is 4.13. The Balaban J connectivity index is 0.00000288. The fourth-order valence-electron chi connectivity index (χ4n) is 1.72.